The number of hydrogen-bond donors (Lipinski definition) is 2. The number of carboxylic acid groups (broad SMARTS) is 2. The number of ether oxygens (including phenoxy) is 2. The Kier molecular flexibility index (Phi) is 12.3. The first-order valence-corrected chi connectivity index (χ1v) is 15.8. The highest BCUT2D eigenvalue weighted by Gasteiger charge is 2.24. The molecule has 4 aromatic rings. The topological polar surface area (TPSA) is 93.1 Å². The molecule has 0 amide bonds. The van der Waals surface area contributed by atoms with Crippen LogP contribution in [0.15, 0.2) is 72.8 Å². The van der Waals surface area contributed by atoms with E-state index in [2.05, 4.69) is 67.6 Å². The van der Waals surface area contributed by atoms with Crippen molar-refractivity contribution in [3.63, 3.8) is 0 Å². The molecule has 228 valence electrons. The second kappa shape index (κ2) is 16.5. The van der Waals surface area contributed by atoms with Crippen molar-refractivity contribution in [1.82, 2.24) is 0 Å². The average molecular weight is 585 g/mol. The molecule has 0 aliphatic rings. The molecule has 0 saturated heterocycles. The minimum Gasteiger partial charge on any atom is -0.493 e. The summed E-state index contributed by atoms with van der Waals surface area (Å²) in [6.45, 7) is 3.41. The van der Waals surface area contributed by atoms with Crippen LogP contribution in [0.1, 0.15) is 77.6 Å². The quantitative estimate of drug-likeness (QED) is 0.0842. The second-order valence-electron chi connectivity index (χ2n) is 11.2. The highest BCUT2D eigenvalue weighted by atomic mass is 16.5. The predicted molar refractivity (Wildman–Crippen MR) is 173 cm³/mol. The van der Waals surface area contributed by atoms with Gasteiger partial charge in [0.05, 0.1) is 13.2 Å². The smallest absolute Gasteiger partial charge is 0.317 e. The monoisotopic (exact) mass is 584 g/mol. The molecule has 0 aliphatic heterocycles. The number of hydrogen-bond acceptors (Lipinski definition) is 4. The Bertz CT molecular complexity index is 1480. The fraction of sp³-hybridized carbons (Fsp3) is 0.405. The molecule has 4 aromatic carbocycles. The van der Waals surface area contributed by atoms with E-state index in [4.69, 9.17) is 19.7 Å². The standard InChI is InChI=1S/C37H44O6/c1-2-3-4-5-7-14-25-42-32-23-21-27-16-10-12-18-29(27)34(32)35-30-19-13-11-17-28(30)22-24-33(35)43-26-15-8-6-9-20-31(36(38)39)37(40)41/h10-13,16-19,21-24,31H,2-9,14-15,20,25-26H2,1H3,(H,38,39)(H,40,41). The largest absolute Gasteiger partial charge is 0.493 e. The molecule has 4 rings (SSSR count). The van der Waals surface area contributed by atoms with Crippen molar-refractivity contribution >= 4 is 33.5 Å². The van der Waals surface area contributed by atoms with E-state index >= 15 is 0 Å². The van der Waals surface area contributed by atoms with Gasteiger partial charge in [0, 0.05) is 11.1 Å². The Labute approximate surface area is 254 Å². The Balaban J connectivity index is 1.53. The molecule has 0 aromatic heterocycles. The van der Waals surface area contributed by atoms with E-state index in [1.54, 1.807) is 0 Å². The van der Waals surface area contributed by atoms with Crippen LogP contribution in [0, 0.1) is 5.92 Å². The lowest BCUT2D eigenvalue weighted by molar-refractivity contribution is -0.154. The fourth-order valence-electron chi connectivity index (χ4n) is 5.66. The molecule has 0 fully saturated rings. The molecule has 0 unspecified atom stereocenters. The van der Waals surface area contributed by atoms with Gasteiger partial charge in [0.1, 0.15) is 11.5 Å². The van der Waals surface area contributed by atoms with Crippen molar-refractivity contribution in [2.24, 2.45) is 5.92 Å². The maximum absolute atomic E-state index is 11.1. The first-order chi connectivity index (χ1) is 21.0. The Hall–Kier alpha value is -4.06. The normalized spacial score (nSPS) is 11.3. The number of rotatable bonds is 19. The summed E-state index contributed by atoms with van der Waals surface area (Å²) in [4.78, 5) is 22.2. The molecular formula is C37H44O6. The Morgan fingerprint density at radius 1 is 0.581 bits per heavy atom. The van der Waals surface area contributed by atoms with Crippen LogP contribution in [0.3, 0.4) is 0 Å². The lowest BCUT2D eigenvalue weighted by atomic mass is 9.92. The maximum Gasteiger partial charge on any atom is 0.317 e. The third kappa shape index (κ3) is 8.73. The first kappa shape index (κ1) is 31.9. The van der Waals surface area contributed by atoms with Gasteiger partial charge in [-0.1, -0.05) is 119 Å². The zero-order valence-electron chi connectivity index (χ0n) is 25.2. The molecular weight excluding hydrogens is 540 g/mol. The summed E-state index contributed by atoms with van der Waals surface area (Å²) in [5.41, 5.74) is 2.07. The molecule has 0 spiro atoms. The van der Waals surface area contributed by atoms with Gasteiger partial charge in [-0.3, -0.25) is 9.59 Å². The van der Waals surface area contributed by atoms with Gasteiger partial charge < -0.3 is 19.7 Å². The van der Waals surface area contributed by atoms with E-state index in [1.807, 2.05) is 12.1 Å². The van der Waals surface area contributed by atoms with Gasteiger partial charge in [-0.25, -0.2) is 0 Å². The molecule has 6 heteroatoms. The summed E-state index contributed by atoms with van der Waals surface area (Å²) in [6, 6.07) is 25.1. The minimum absolute atomic E-state index is 0.142. The highest BCUT2D eigenvalue weighted by molar-refractivity contribution is 6.09. The summed E-state index contributed by atoms with van der Waals surface area (Å²) in [5, 5.41) is 22.7. The Morgan fingerprint density at radius 2 is 1.02 bits per heavy atom. The van der Waals surface area contributed by atoms with Crippen molar-refractivity contribution in [3.8, 4) is 22.6 Å². The van der Waals surface area contributed by atoms with Crippen LogP contribution in [0.2, 0.25) is 0 Å². The van der Waals surface area contributed by atoms with Crippen LogP contribution in [0.4, 0.5) is 0 Å². The van der Waals surface area contributed by atoms with Crippen LogP contribution in [0.25, 0.3) is 32.7 Å². The van der Waals surface area contributed by atoms with Gasteiger partial charge in [-0.05, 0) is 52.9 Å². The molecule has 2 N–H and O–H groups in total. The zero-order chi connectivity index (χ0) is 30.4. The molecule has 6 nitrogen and oxygen atoms in total. The SMILES string of the molecule is CCCCCCCCOc1ccc2ccccc2c1-c1c(OCCCCCCC(C(=O)O)C(=O)O)ccc2ccccc12. The highest BCUT2D eigenvalue weighted by Crippen LogP contribution is 2.45. The van der Waals surface area contributed by atoms with Crippen LogP contribution < -0.4 is 9.47 Å². The molecule has 43 heavy (non-hydrogen) atoms. The van der Waals surface area contributed by atoms with Crippen molar-refractivity contribution in [3.05, 3.63) is 72.8 Å². The second-order valence-corrected chi connectivity index (χ2v) is 11.2. The minimum atomic E-state index is -1.34. The lowest BCUT2D eigenvalue weighted by Gasteiger charge is -2.20. The van der Waals surface area contributed by atoms with Crippen molar-refractivity contribution in [2.45, 2.75) is 77.6 Å². The molecule has 0 aliphatic carbocycles. The van der Waals surface area contributed by atoms with Gasteiger partial charge in [-0.15, -0.1) is 0 Å². The number of carbonyl (C=O) groups is 2. The van der Waals surface area contributed by atoms with Crippen LogP contribution in [-0.2, 0) is 9.59 Å². The molecule has 0 atom stereocenters. The van der Waals surface area contributed by atoms with Gasteiger partial charge in [0.2, 0.25) is 0 Å². The predicted octanol–water partition coefficient (Wildman–Crippen LogP) is 9.51. The van der Waals surface area contributed by atoms with E-state index < -0.39 is 17.9 Å². The summed E-state index contributed by atoms with van der Waals surface area (Å²) < 4.78 is 12.9. The molecule has 0 heterocycles. The summed E-state index contributed by atoms with van der Waals surface area (Å²) in [6.07, 6.45) is 10.3. The van der Waals surface area contributed by atoms with Gasteiger partial charge in [0.25, 0.3) is 0 Å². The van der Waals surface area contributed by atoms with E-state index in [1.165, 1.54) is 32.1 Å². The fourth-order valence-corrected chi connectivity index (χ4v) is 5.66. The van der Waals surface area contributed by atoms with E-state index in [9.17, 15) is 9.59 Å². The van der Waals surface area contributed by atoms with Crippen molar-refractivity contribution < 1.29 is 29.3 Å². The number of carboxylic acids is 2. The zero-order valence-corrected chi connectivity index (χ0v) is 25.2. The number of benzene rings is 4. The summed E-state index contributed by atoms with van der Waals surface area (Å²) in [5.74, 6) is -2.22. The average Bonchev–Trinajstić information content (AvgIpc) is 3.01. The summed E-state index contributed by atoms with van der Waals surface area (Å²) >= 11 is 0. The van der Waals surface area contributed by atoms with Gasteiger partial charge >= 0.3 is 11.9 Å². The number of unbranched alkanes of at least 4 members (excludes halogenated alkanes) is 8. The lowest BCUT2D eigenvalue weighted by Crippen LogP contribution is -2.23. The van der Waals surface area contributed by atoms with Crippen LogP contribution in [-0.4, -0.2) is 35.4 Å². The van der Waals surface area contributed by atoms with Crippen molar-refractivity contribution in [2.75, 3.05) is 13.2 Å². The van der Waals surface area contributed by atoms with E-state index in [0.717, 1.165) is 69.9 Å². The third-order valence-corrected chi connectivity index (χ3v) is 8.03. The van der Waals surface area contributed by atoms with Crippen LogP contribution in [0.5, 0.6) is 11.5 Å². The Morgan fingerprint density at radius 3 is 1.51 bits per heavy atom. The molecule has 0 bridgehead atoms. The van der Waals surface area contributed by atoms with E-state index in [0.29, 0.717) is 19.6 Å². The maximum atomic E-state index is 11.1. The molecule has 0 saturated carbocycles. The first-order valence-electron chi connectivity index (χ1n) is 15.8. The third-order valence-electron chi connectivity index (χ3n) is 8.03. The number of aliphatic carboxylic acids is 2. The summed E-state index contributed by atoms with van der Waals surface area (Å²) in [7, 11) is 0. The molecule has 0 radical (unpaired) electrons. The number of fused-ring (bicyclic) bond motifs is 2. The van der Waals surface area contributed by atoms with Gasteiger partial charge in [0.15, 0.2) is 5.92 Å². The van der Waals surface area contributed by atoms with Crippen LogP contribution >= 0.6 is 0 Å². The van der Waals surface area contributed by atoms with E-state index in [-0.39, 0.29) is 6.42 Å². The van der Waals surface area contributed by atoms with Gasteiger partial charge in [-0.2, -0.15) is 0 Å². The van der Waals surface area contributed by atoms with Crippen molar-refractivity contribution in [1.29, 1.82) is 0 Å².